The average molecular weight is 490 g/mol. The summed E-state index contributed by atoms with van der Waals surface area (Å²) in [5.41, 5.74) is 2.66. The highest BCUT2D eigenvalue weighted by Crippen LogP contribution is 2.30. The van der Waals surface area contributed by atoms with Crippen molar-refractivity contribution in [3.8, 4) is 0 Å². The molecule has 178 valence electrons. The predicted molar refractivity (Wildman–Crippen MR) is 131 cm³/mol. The first-order chi connectivity index (χ1) is 15.8. The lowest BCUT2D eigenvalue weighted by atomic mass is 10.0. The molecule has 0 radical (unpaired) electrons. The number of amides is 1. The standard InChI is InChI=1S/C23H31N5O3S2/c1-4-5-14-28-19-11-10-16(33(30,31)27(2)3)15-18(19)24-21(28)12-13-22(29)26-23-25-17-8-6-7-9-20(17)32-23/h10-11,15H,4-9,12-14H2,1-3H3,(H,25,26,29). The van der Waals surface area contributed by atoms with Gasteiger partial charge in [-0.2, -0.15) is 0 Å². The number of unbranched alkanes of at least 4 members (excludes halogenated alkanes) is 1. The number of anilines is 1. The number of carbonyl (C=O) groups excluding carboxylic acids is 1. The van der Waals surface area contributed by atoms with Gasteiger partial charge in [-0.1, -0.05) is 13.3 Å². The van der Waals surface area contributed by atoms with E-state index < -0.39 is 10.0 Å². The molecule has 2 aromatic heterocycles. The number of hydrogen-bond donors (Lipinski definition) is 1. The molecule has 0 unspecified atom stereocenters. The van der Waals surface area contributed by atoms with Crippen molar-refractivity contribution in [2.24, 2.45) is 0 Å². The number of hydrogen-bond acceptors (Lipinski definition) is 6. The van der Waals surface area contributed by atoms with Crippen LogP contribution in [0.15, 0.2) is 23.1 Å². The maximum absolute atomic E-state index is 12.6. The van der Waals surface area contributed by atoms with E-state index in [1.165, 1.54) is 29.7 Å². The number of carbonyl (C=O) groups is 1. The first-order valence-corrected chi connectivity index (χ1v) is 13.8. The topological polar surface area (TPSA) is 97.2 Å². The Morgan fingerprint density at radius 2 is 2.00 bits per heavy atom. The average Bonchev–Trinajstić information content (AvgIpc) is 3.35. The fourth-order valence-electron chi connectivity index (χ4n) is 4.10. The van der Waals surface area contributed by atoms with Crippen LogP contribution in [0.1, 0.15) is 55.4 Å². The lowest BCUT2D eigenvalue weighted by Gasteiger charge is -2.11. The van der Waals surface area contributed by atoms with Crippen molar-refractivity contribution >= 4 is 43.4 Å². The van der Waals surface area contributed by atoms with Gasteiger partial charge in [0, 0.05) is 38.4 Å². The fraction of sp³-hybridized carbons (Fsp3) is 0.522. The minimum absolute atomic E-state index is 0.0777. The van der Waals surface area contributed by atoms with E-state index in [1.54, 1.807) is 23.5 Å². The quantitative estimate of drug-likeness (QED) is 0.490. The Morgan fingerprint density at radius 1 is 1.21 bits per heavy atom. The number of rotatable bonds is 9. The Balaban J connectivity index is 1.52. The fourth-order valence-corrected chi connectivity index (χ4v) is 6.09. The van der Waals surface area contributed by atoms with Crippen LogP contribution in [0.5, 0.6) is 0 Å². The molecule has 1 aromatic carbocycles. The maximum atomic E-state index is 12.6. The molecule has 0 saturated carbocycles. The number of thiazole rings is 1. The molecule has 2 heterocycles. The molecule has 1 aliphatic rings. The molecule has 0 aliphatic heterocycles. The van der Waals surface area contributed by atoms with Crippen molar-refractivity contribution < 1.29 is 13.2 Å². The molecule has 3 aromatic rings. The smallest absolute Gasteiger partial charge is 0.242 e. The summed E-state index contributed by atoms with van der Waals surface area (Å²) < 4.78 is 28.4. The van der Waals surface area contributed by atoms with Crippen LogP contribution in [0.2, 0.25) is 0 Å². The molecule has 0 saturated heterocycles. The van der Waals surface area contributed by atoms with E-state index >= 15 is 0 Å². The highest BCUT2D eigenvalue weighted by atomic mass is 32.2. The Kier molecular flexibility index (Phi) is 7.16. The van der Waals surface area contributed by atoms with E-state index in [-0.39, 0.29) is 10.8 Å². The van der Waals surface area contributed by atoms with Crippen LogP contribution in [-0.4, -0.2) is 47.3 Å². The van der Waals surface area contributed by atoms with Crippen molar-refractivity contribution in [1.29, 1.82) is 0 Å². The Morgan fingerprint density at radius 3 is 2.73 bits per heavy atom. The summed E-state index contributed by atoms with van der Waals surface area (Å²) in [5.74, 6) is 0.720. The molecule has 0 fully saturated rings. The molecule has 0 spiro atoms. The van der Waals surface area contributed by atoms with Crippen molar-refractivity contribution in [3.05, 3.63) is 34.6 Å². The molecular formula is C23H31N5O3S2. The Hall–Kier alpha value is -2.30. The van der Waals surface area contributed by atoms with Crippen molar-refractivity contribution in [1.82, 2.24) is 18.8 Å². The summed E-state index contributed by atoms with van der Waals surface area (Å²) in [7, 11) is -0.504. The maximum Gasteiger partial charge on any atom is 0.242 e. The van der Waals surface area contributed by atoms with Gasteiger partial charge in [0.25, 0.3) is 0 Å². The molecule has 1 N–H and O–H groups in total. The summed E-state index contributed by atoms with van der Waals surface area (Å²) in [6, 6.07) is 5.07. The minimum atomic E-state index is -3.54. The number of nitrogens with zero attached hydrogens (tertiary/aromatic N) is 4. The van der Waals surface area contributed by atoms with Crippen molar-refractivity contribution in [2.45, 2.75) is 69.7 Å². The summed E-state index contributed by atoms with van der Waals surface area (Å²) in [4.78, 5) is 23.5. The Bertz CT molecular complexity index is 1240. The summed E-state index contributed by atoms with van der Waals surface area (Å²) >= 11 is 1.58. The second-order valence-electron chi connectivity index (χ2n) is 8.62. The first-order valence-electron chi connectivity index (χ1n) is 11.5. The first kappa shape index (κ1) is 23.8. The SMILES string of the molecule is CCCCn1c(CCC(=O)Nc2nc3c(s2)CCCC3)nc2cc(S(=O)(=O)N(C)C)ccc21. The normalized spacial score (nSPS) is 14.1. The monoisotopic (exact) mass is 489 g/mol. The van der Waals surface area contributed by atoms with E-state index in [0.717, 1.165) is 55.7 Å². The number of sulfonamides is 1. The van der Waals surface area contributed by atoms with E-state index in [2.05, 4.69) is 21.8 Å². The molecule has 1 aliphatic carbocycles. The second-order valence-corrected chi connectivity index (χ2v) is 11.9. The molecule has 4 rings (SSSR count). The summed E-state index contributed by atoms with van der Waals surface area (Å²) in [5, 5.41) is 3.64. The highest BCUT2D eigenvalue weighted by Gasteiger charge is 2.21. The number of fused-ring (bicyclic) bond motifs is 2. The predicted octanol–water partition coefficient (Wildman–Crippen LogP) is 3.99. The number of benzene rings is 1. The molecule has 8 nitrogen and oxygen atoms in total. The minimum Gasteiger partial charge on any atom is -0.328 e. The molecule has 33 heavy (non-hydrogen) atoms. The zero-order chi connectivity index (χ0) is 23.6. The van der Waals surface area contributed by atoms with Crippen LogP contribution in [-0.2, 0) is 40.6 Å². The van der Waals surface area contributed by atoms with Gasteiger partial charge in [0.05, 0.1) is 21.6 Å². The summed E-state index contributed by atoms with van der Waals surface area (Å²) in [6.45, 7) is 2.91. The van der Waals surface area contributed by atoms with E-state index in [9.17, 15) is 13.2 Å². The van der Waals surface area contributed by atoms with E-state index in [4.69, 9.17) is 4.98 Å². The van der Waals surface area contributed by atoms with Gasteiger partial charge in [-0.05, 0) is 50.3 Å². The molecule has 0 atom stereocenters. The Labute approximate surface area is 199 Å². The third-order valence-electron chi connectivity index (χ3n) is 5.98. The molecule has 10 heteroatoms. The van der Waals surface area contributed by atoms with Crippen LogP contribution in [0.25, 0.3) is 11.0 Å². The molecule has 1 amide bonds. The van der Waals surface area contributed by atoms with Gasteiger partial charge in [-0.15, -0.1) is 11.3 Å². The van der Waals surface area contributed by atoms with Crippen LogP contribution in [0.3, 0.4) is 0 Å². The highest BCUT2D eigenvalue weighted by molar-refractivity contribution is 7.89. The van der Waals surface area contributed by atoms with Crippen LogP contribution >= 0.6 is 11.3 Å². The third kappa shape index (κ3) is 5.12. The number of nitrogens with one attached hydrogen (secondary N) is 1. The van der Waals surface area contributed by atoms with Gasteiger partial charge in [-0.25, -0.2) is 22.7 Å². The van der Waals surface area contributed by atoms with Gasteiger partial charge in [-0.3, -0.25) is 4.79 Å². The van der Waals surface area contributed by atoms with Crippen LogP contribution in [0, 0.1) is 0 Å². The molecule has 0 bridgehead atoms. The summed E-state index contributed by atoms with van der Waals surface area (Å²) in [6.07, 6.45) is 7.18. The van der Waals surface area contributed by atoms with Crippen molar-refractivity contribution in [2.75, 3.05) is 19.4 Å². The van der Waals surface area contributed by atoms with Crippen molar-refractivity contribution in [3.63, 3.8) is 0 Å². The van der Waals surface area contributed by atoms with Gasteiger partial charge in [0.15, 0.2) is 5.13 Å². The number of aromatic nitrogens is 3. The lowest BCUT2D eigenvalue weighted by Crippen LogP contribution is -2.22. The van der Waals surface area contributed by atoms with E-state index in [1.807, 2.05) is 6.07 Å². The van der Waals surface area contributed by atoms with Crippen LogP contribution in [0.4, 0.5) is 5.13 Å². The second kappa shape index (κ2) is 9.90. The van der Waals surface area contributed by atoms with Gasteiger partial charge < -0.3 is 9.88 Å². The lowest BCUT2D eigenvalue weighted by molar-refractivity contribution is -0.116. The zero-order valence-electron chi connectivity index (χ0n) is 19.4. The zero-order valence-corrected chi connectivity index (χ0v) is 21.1. The van der Waals surface area contributed by atoms with E-state index in [0.29, 0.717) is 23.5 Å². The van der Waals surface area contributed by atoms with Gasteiger partial charge >= 0.3 is 0 Å². The number of aryl methyl sites for hydroxylation is 4. The largest absolute Gasteiger partial charge is 0.328 e. The third-order valence-corrected chi connectivity index (χ3v) is 8.86. The van der Waals surface area contributed by atoms with Crippen LogP contribution < -0.4 is 5.32 Å². The van der Waals surface area contributed by atoms with Gasteiger partial charge in [0.2, 0.25) is 15.9 Å². The van der Waals surface area contributed by atoms with Gasteiger partial charge in [0.1, 0.15) is 5.82 Å². The number of imidazole rings is 1. The molecular weight excluding hydrogens is 458 g/mol.